The second-order valence-electron chi connectivity index (χ2n) is 6.50. The Hall–Kier alpha value is -2.60. The Morgan fingerprint density at radius 3 is 2.85 bits per heavy atom. The first-order valence-electron chi connectivity index (χ1n) is 9.06. The maximum absolute atomic E-state index is 13.4. The molecule has 1 saturated heterocycles. The highest BCUT2D eigenvalue weighted by Gasteiger charge is 2.29. The number of hydrogen-bond acceptors (Lipinski definition) is 4. The molecule has 1 N–H and O–H groups in total. The van der Waals surface area contributed by atoms with Crippen LogP contribution in [0.4, 0.5) is 4.39 Å². The minimum atomic E-state index is -0.349. The minimum absolute atomic E-state index is 0.0684. The van der Waals surface area contributed by atoms with Crippen LogP contribution in [-0.4, -0.2) is 38.4 Å². The quantitative estimate of drug-likeness (QED) is 0.810. The van der Waals surface area contributed by atoms with Gasteiger partial charge in [0.25, 0.3) is 0 Å². The number of carbonyl (C=O) groups is 1. The first-order valence-corrected chi connectivity index (χ1v) is 9.06. The van der Waals surface area contributed by atoms with Gasteiger partial charge in [-0.25, -0.2) is 4.39 Å². The molecule has 5 nitrogen and oxygen atoms in total. The Labute approximate surface area is 158 Å². The van der Waals surface area contributed by atoms with Gasteiger partial charge in [0.1, 0.15) is 23.4 Å². The molecule has 0 aromatic heterocycles. The highest BCUT2D eigenvalue weighted by Crippen LogP contribution is 2.19. The lowest BCUT2D eigenvalue weighted by Gasteiger charge is -2.32. The molecule has 3 rings (SSSR count). The fraction of sp³-hybridized carbons (Fsp3) is 0.381. The first kappa shape index (κ1) is 19.2. The molecule has 2 atom stereocenters. The molecule has 1 amide bonds. The Kier molecular flexibility index (Phi) is 6.65. The molecule has 6 heteroatoms. The lowest BCUT2D eigenvalue weighted by molar-refractivity contribution is -0.124. The zero-order valence-electron chi connectivity index (χ0n) is 15.3. The molecule has 1 heterocycles. The molecule has 0 radical (unpaired) electrons. The van der Waals surface area contributed by atoms with E-state index in [0.717, 1.165) is 11.3 Å². The van der Waals surface area contributed by atoms with Gasteiger partial charge in [-0.3, -0.25) is 4.79 Å². The fourth-order valence-corrected chi connectivity index (χ4v) is 3.07. The van der Waals surface area contributed by atoms with Crippen molar-refractivity contribution in [3.05, 3.63) is 59.9 Å². The van der Waals surface area contributed by atoms with Gasteiger partial charge < -0.3 is 19.5 Å². The van der Waals surface area contributed by atoms with Crippen LogP contribution in [0.15, 0.2) is 48.5 Å². The first-order chi connectivity index (χ1) is 13.1. The van der Waals surface area contributed by atoms with Crippen molar-refractivity contribution in [3.63, 3.8) is 0 Å². The smallest absolute Gasteiger partial charge is 0.220 e. The Morgan fingerprint density at radius 1 is 1.22 bits per heavy atom. The van der Waals surface area contributed by atoms with E-state index in [1.165, 1.54) is 12.1 Å². The molecule has 2 aromatic rings. The van der Waals surface area contributed by atoms with E-state index < -0.39 is 0 Å². The molecular formula is C21H24FNO4. The standard InChI is InChI=1S/C21H24FNO4/c1-25-17-6-2-4-15(12-17)8-9-21(24)23-19-14-26-11-10-20(19)27-18-7-3-5-16(22)13-18/h2-7,12-13,19-20H,8-11,14H2,1H3,(H,23,24)/t19-,20+/m1/s1. The van der Waals surface area contributed by atoms with Gasteiger partial charge in [0.2, 0.25) is 5.91 Å². The van der Waals surface area contributed by atoms with Crippen LogP contribution in [0.5, 0.6) is 11.5 Å². The van der Waals surface area contributed by atoms with Gasteiger partial charge in [0.05, 0.1) is 26.4 Å². The number of ether oxygens (including phenoxy) is 3. The van der Waals surface area contributed by atoms with Gasteiger partial charge in [-0.2, -0.15) is 0 Å². The Morgan fingerprint density at radius 2 is 2.04 bits per heavy atom. The molecule has 0 aliphatic carbocycles. The number of halogens is 1. The molecule has 1 aliphatic heterocycles. The summed E-state index contributed by atoms with van der Waals surface area (Å²) in [6.07, 6.45) is 1.36. The van der Waals surface area contributed by atoms with Crippen LogP contribution in [0.1, 0.15) is 18.4 Å². The summed E-state index contributed by atoms with van der Waals surface area (Å²) in [5.74, 6) is 0.814. The van der Waals surface area contributed by atoms with Gasteiger partial charge in [0.15, 0.2) is 0 Å². The van der Waals surface area contributed by atoms with Crippen LogP contribution >= 0.6 is 0 Å². The minimum Gasteiger partial charge on any atom is -0.497 e. The third-order valence-electron chi connectivity index (χ3n) is 4.50. The molecule has 27 heavy (non-hydrogen) atoms. The van der Waals surface area contributed by atoms with Crippen molar-refractivity contribution < 1.29 is 23.4 Å². The number of rotatable bonds is 7. The summed E-state index contributed by atoms with van der Waals surface area (Å²) in [6, 6.07) is 13.4. The van der Waals surface area contributed by atoms with Crippen LogP contribution in [0.25, 0.3) is 0 Å². The molecule has 0 spiro atoms. The zero-order chi connectivity index (χ0) is 19.1. The fourth-order valence-electron chi connectivity index (χ4n) is 3.07. The number of amides is 1. The van der Waals surface area contributed by atoms with E-state index in [0.29, 0.717) is 38.2 Å². The van der Waals surface area contributed by atoms with Gasteiger partial charge in [0, 0.05) is 18.9 Å². The van der Waals surface area contributed by atoms with Crippen molar-refractivity contribution in [2.24, 2.45) is 0 Å². The predicted octanol–water partition coefficient (Wildman–Crippen LogP) is 3.12. The molecule has 2 aromatic carbocycles. The molecule has 0 saturated carbocycles. The number of aryl methyl sites for hydroxylation is 1. The predicted molar refractivity (Wildman–Crippen MR) is 99.5 cm³/mol. The monoisotopic (exact) mass is 373 g/mol. The third-order valence-corrected chi connectivity index (χ3v) is 4.50. The molecule has 0 unspecified atom stereocenters. The van der Waals surface area contributed by atoms with Crippen molar-refractivity contribution in [2.45, 2.75) is 31.4 Å². The van der Waals surface area contributed by atoms with Crippen molar-refractivity contribution >= 4 is 5.91 Å². The average molecular weight is 373 g/mol. The van der Waals surface area contributed by atoms with Gasteiger partial charge in [-0.15, -0.1) is 0 Å². The van der Waals surface area contributed by atoms with Gasteiger partial charge in [-0.1, -0.05) is 18.2 Å². The lowest BCUT2D eigenvalue weighted by Crippen LogP contribution is -2.51. The number of methoxy groups -OCH3 is 1. The van der Waals surface area contributed by atoms with E-state index in [1.54, 1.807) is 19.2 Å². The molecule has 1 aliphatic rings. The largest absolute Gasteiger partial charge is 0.497 e. The molecule has 0 bridgehead atoms. The topological polar surface area (TPSA) is 56.8 Å². The van der Waals surface area contributed by atoms with E-state index in [9.17, 15) is 9.18 Å². The highest BCUT2D eigenvalue weighted by atomic mass is 19.1. The molecular weight excluding hydrogens is 349 g/mol. The zero-order valence-corrected chi connectivity index (χ0v) is 15.3. The van der Waals surface area contributed by atoms with Gasteiger partial charge in [-0.05, 0) is 36.2 Å². The number of benzene rings is 2. The third kappa shape index (κ3) is 5.69. The average Bonchev–Trinajstić information content (AvgIpc) is 2.68. The number of hydrogen-bond donors (Lipinski definition) is 1. The van der Waals surface area contributed by atoms with Crippen LogP contribution in [0.2, 0.25) is 0 Å². The summed E-state index contributed by atoms with van der Waals surface area (Å²) in [5, 5.41) is 2.99. The maximum atomic E-state index is 13.4. The number of carbonyl (C=O) groups excluding carboxylic acids is 1. The normalized spacial score (nSPS) is 19.3. The summed E-state index contributed by atoms with van der Waals surface area (Å²) in [6.45, 7) is 0.932. The summed E-state index contributed by atoms with van der Waals surface area (Å²) >= 11 is 0. The highest BCUT2D eigenvalue weighted by molar-refractivity contribution is 5.76. The van der Waals surface area contributed by atoms with E-state index in [-0.39, 0.29) is 23.9 Å². The summed E-state index contributed by atoms with van der Waals surface area (Å²) in [7, 11) is 1.62. The second kappa shape index (κ2) is 9.37. The van der Waals surface area contributed by atoms with E-state index in [4.69, 9.17) is 14.2 Å². The summed E-state index contributed by atoms with van der Waals surface area (Å²) in [4.78, 5) is 12.4. The summed E-state index contributed by atoms with van der Waals surface area (Å²) in [5.41, 5.74) is 1.04. The maximum Gasteiger partial charge on any atom is 0.220 e. The second-order valence-corrected chi connectivity index (χ2v) is 6.50. The van der Waals surface area contributed by atoms with E-state index in [1.807, 2.05) is 24.3 Å². The molecule has 144 valence electrons. The Bertz CT molecular complexity index is 767. The van der Waals surface area contributed by atoms with Crippen LogP contribution in [0, 0.1) is 5.82 Å². The van der Waals surface area contributed by atoms with Crippen LogP contribution in [-0.2, 0) is 16.0 Å². The number of nitrogens with one attached hydrogen (secondary N) is 1. The summed E-state index contributed by atoms with van der Waals surface area (Å²) < 4.78 is 29.9. The SMILES string of the molecule is COc1cccc(CCC(=O)N[C@@H]2COCC[C@@H]2Oc2cccc(F)c2)c1. The van der Waals surface area contributed by atoms with Gasteiger partial charge >= 0.3 is 0 Å². The van der Waals surface area contributed by atoms with E-state index >= 15 is 0 Å². The van der Waals surface area contributed by atoms with Crippen LogP contribution in [0.3, 0.4) is 0 Å². The lowest BCUT2D eigenvalue weighted by atomic mass is 10.1. The Balaban J connectivity index is 1.54. The van der Waals surface area contributed by atoms with Crippen LogP contribution < -0.4 is 14.8 Å². The van der Waals surface area contributed by atoms with Crippen molar-refractivity contribution in [1.82, 2.24) is 5.32 Å². The van der Waals surface area contributed by atoms with E-state index in [2.05, 4.69) is 5.32 Å². The van der Waals surface area contributed by atoms with Crippen molar-refractivity contribution in [2.75, 3.05) is 20.3 Å². The van der Waals surface area contributed by atoms with Crippen molar-refractivity contribution in [3.8, 4) is 11.5 Å². The van der Waals surface area contributed by atoms with Crippen molar-refractivity contribution in [1.29, 1.82) is 0 Å². The molecule has 1 fully saturated rings.